The maximum atomic E-state index is 11.4. The first-order valence-corrected chi connectivity index (χ1v) is 6.92. The van der Waals surface area contributed by atoms with Gasteiger partial charge in [0.25, 0.3) is 0 Å². The van der Waals surface area contributed by atoms with Gasteiger partial charge in [0.05, 0.1) is 13.0 Å². The highest BCUT2D eigenvalue weighted by atomic mass is 16.5. The fourth-order valence-corrected chi connectivity index (χ4v) is 3.23. The number of benzene rings is 1. The molecule has 3 heteroatoms. The van der Waals surface area contributed by atoms with Crippen LogP contribution in [0.4, 0.5) is 0 Å². The topological polar surface area (TPSA) is 46.5 Å². The molecule has 1 aromatic rings. The Bertz CT molecular complexity index is 479. The van der Waals surface area contributed by atoms with Crippen LogP contribution in [-0.4, -0.2) is 18.2 Å². The van der Waals surface area contributed by atoms with Gasteiger partial charge in [-0.05, 0) is 55.4 Å². The highest BCUT2D eigenvalue weighted by Gasteiger charge is 2.32. The Balaban J connectivity index is 2.39. The van der Waals surface area contributed by atoms with E-state index in [9.17, 15) is 9.90 Å². The van der Waals surface area contributed by atoms with Crippen molar-refractivity contribution in [2.45, 2.75) is 45.4 Å². The van der Waals surface area contributed by atoms with Gasteiger partial charge in [0.1, 0.15) is 5.75 Å². The maximum Gasteiger partial charge on any atom is 0.307 e. The number of aliphatic carboxylic acids is 1. The molecule has 1 aliphatic carbocycles. The van der Waals surface area contributed by atoms with Crippen LogP contribution in [0, 0.1) is 19.8 Å². The summed E-state index contributed by atoms with van der Waals surface area (Å²) in [6, 6.07) is 4.14. The number of carbonyl (C=O) groups is 1. The van der Waals surface area contributed by atoms with Crippen molar-refractivity contribution < 1.29 is 14.6 Å². The van der Waals surface area contributed by atoms with Crippen molar-refractivity contribution in [1.82, 2.24) is 0 Å². The Kier molecular flexibility index (Phi) is 4.13. The van der Waals surface area contributed by atoms with Gasteiger partial charge < -0.3 is 9.84 Å². The standard InChI is InChI=1S/C16H22O3/c1-10-9-15(19-3)11(2)8-14(10)12-6-4-5-7-13(12)16(17)18/h8-9,12-13H,4-7H2,1-3H3,(H,17,18). The fraction of sp³-hybridized carbons (Fsp3) is 0.562. The second-order valence-corrected chi connectivity index (χ2v) is 5.51. The van der Waals surface area contributed by atoms with Gasteiger partial charge in [0.2, 0.25) is 0 Å². The summed E-state index contributed by atoms with van der Waals surface area (Å²) in [6.45, 7) is 4.06. The summed E-state index contributed by atoms with van der Waals surface area (Å²) in [4.78, 5) is 11.4. The van der Waals surface area contributed by atoms with Crippen LogP contribution in [0.3, 0.4) is 0 Å². The maximum absolute atomic E-state index is 11.4. The SMILES string of the molecule is COc1cc(C)c(C2CCCCC2C(=O)O)cc1C. The van der Waals surface area contributed by atoms with Crippen LogP contribution in [0.25, 0.3) is 0 Å². The van der Waals surface area contributed by atoms with Crippen LogP contribution in [0.5, 0.6) is 5.75 Å². The number of ether oxygens (including phenoxy) is 1. The quantitative estimate of drug-likeness (QED) is 0.904. The van der Waals surface area contributed by atoms with Gasteiger partial charge in [-0.1, -0.05) is 18.9 Å². The third-order valence-electron chi connectivity index (χ3n) is 4.27. The Morgan fingerprint density at radius 2 is 1.89 bits per heavy atom. The molecule has 2 atom stereocenters. The van der Waals surface area contributed by atoms with Crippen molar-refractivity contribution in [1.29, 1.82) is 0 Å². The van der Waals surface area contributed by atoms with Gasteiger partial charge in [0.15, 0.2) is 0 Å². The predicted molar refractivity (Wildman–Crippen MR) is 74.8 cm³/mol. The first kappa shape index (κ1) is 13.9. The molecule has 3 nitrogen and oxygen atoms in total. The van der Waals surface area contributed by atoms with Crippen LogP contribution >= 0.6 is 0 Å². The first-order valence-electron chi connectivity index (χ1n) is 6.92. The van der Waals surface area contributed by atoms with Crippen molar-refractivity contribution in [3.05, 3.63) is 28.8 Å². The Morgan fingerprint density at radius 3 is 2.53 bits per heavy atom. The van der Waals surface area contributed by atoms with Crippen LogP contribution < -0.4 is 4.74 Å². The number of hydrogen-bond donors (Lipinski definition) is 1. The minimum absolute atomic E-state index is 0.149. The second-order valence-electron chi connectivity index (χ2n) is 5.51. The summed E-state index contributed by atoms with van der Waals surface area (Å²) < 4.78 is 5.33. The number of carboxylic acids is 1. The lowest BCUT2D eigenvalue weighted by molar-refractivity contribution is -0.143. The molecule has 1 N–H and O–H groups in total. The summed E-state index contributed by atoms with van der Waals surface area (Å²) >= 11 is 0. The van der Waals surface area contributed by atoms with Gasteiger partial charge in [-0.15, -0.1) is 0 Å². The van der Waals surface area contributed by atoms with E-state index < -0.39 is 5.97 Å². The van der Waals surface area contributed by atoms with Crippen molar-refractivity contribution in [3.8, 4) is 5.75 Å². The molecule has 104 valence electrons. The van der Waals surface area contributed by atoms with Crippen molar-refractivity contribution in [3.63, 3.8) is 0 Å². The lowest BCUT2D eigenvalue weighted by Crippen LogP contribution is -2.26. The van der Waals surface area contributed by atoms with Crippen LogP contribution in [-0.2, 0) is 4.79 Å². The molecule has 1 aliphatic rings. The van der Waals surface area contributed by atoms with E-state index in [1.165, 1.54) is 5.56 Å². The van der Waals surface area contributed by atoms with Crippen LogP contribution in [0.15, 0.2) is 12.1 Å². The molecule has 0 spiro atoms. The molecule has 1 saturated carbocycles. The van der Waals surface area contributed by atoms with Crippen molar-refractivity contribution in [2.24, 2.45) is 5.92 Å². The van der Waals surface area contributed by atoms with E-state index in [2.05, 4.69) is 6.07 Å². The molecule has 0 heterocycles. The van der Waals surface area contributed by atoms with Crippen LogP contribution in [0.1, 0.15) is 48.3 Å². The molecule has 0 radical (unpaired) electrons. The minimum atomic E-state index is -0.655. The number of methoxy groups -OCH3 is 1. The average molecular weight is 262 g/mol. The lowest BCUT2D eigenvalue weighted by atomic mass is 9.74. The normalized spacial score (nSPS) is 23.1. The second kappa shape index (κ2) is 5.64. The lowest BCUT2D eigenvalue weighted by Gasteiger charge is -2.30. The van der Waals surface area contributed by atoms with E-state index in [4.69, 9.17) is 4.74 Å². The molecule has 2 rings (SSSR count). The Labute approximate surface area is 114 Å². The van der Waals surface area contributed by atoms with E-state index >= 15 is 0 Å². The number of rotatable bonds is 3. The molecule has 0 aromatic heterocycles. The number of hydrogen-bond acceptors (Lipinski definition) is 2. The van der Waals surface area contributed by atoms with E-state index in [1.807, 2.05) is 19.9 Å². The van der Waals surface area contributed by atoms with Crippen molar-refractivity contribution >= 4 is 5.97 Å². The van der Waals surface area contributed by atoms with E-state index in [-0.39, 0.29) is 11.8 Å². The fourth-order valence-electron chi connectivity index (χ4n) is 3.23. The smallest absolute Gasteiger partial charge is 0.307 e. The molecule has 2 unspecified atom stereocenters. The van der Waals surface area contributed by atoms with E-state index in [0.717, 1.165) is 42.6 Å². The zero-order valence-electron chi connectivity index (χ0n) is 11.9. The Hall–Kier alpha value is -1.51. The highest BCUT2D eigenvalue weighted by Crippen LogP contribution is 2.40. The summed E-state index contributed by atoms with van der Waals surface area (Å²) in [6.07, 6.45) is 3.93. The third-order valence-corrected chi connectivity index (χ3v) is 4.27. The third kappa shape index (κ3) is 2.75. The number of aryl methyl sites for hydroxylation is 2. The molecule has 0 amide bonds. The summed E-state index contributed by atoms with van der Waals surface area (Å²) in [5.41, 5.74) is 3.41. The van der Waals surface area contributed by atoms with Gasteiger partial charge in [0, 0.05) is 0 Å². The molecule has 0 saturated heterocycles. The molecular formula is C16H22O3. The van der Waals surface area contributed by atoms with Gasteiger partial charge >= 0.3 is 5.97 Å². The van der Waals surface area contributed by atoms with Crippen molar-refractivity contribution in [2.75, 3.05) is 7.11 Å². The number of carboxylic acid groups (broad SMARTS) is 1. The zero-order valence-corrected chi connectivity index (χ0v) is 11.9. The zero-order chi connectivity index (χ0) is 14.0. The highest BCUT2D eigenvalue weighted by molar-refractivity contribution is 5.71. The molecule has 1 aromatic carbocycles. The van der Waals surface area contributed by atoms with Gasteiger partial charge in [-0.2, -0.15) is 0 Å². The first-order chi connectivity index (χ1) is 9.04. The summed E-state index contributed by atoms with van der Waals surface area (Å²) in [5, 5.41) is 9.41. The molecule has 0 bridgehead atoms. The Morgan fingerprint density at radius 1 is 1.21 bits per heavy atom. The largest absolute Gasteiger partial charge is 0.496 e. The summed E-state index contributed by atoms with van der Waals surface area (Å²) in [5.74, 6) is 0.137. The monoisotopic (exact) mass is 262 g/mol. The minimum Gasteiger partial charge on any atom is -0.496 e. The summed E-state index contributed by atoms with van der Waals surface area (Å²) in [7, 11) is 1.67. The van der Waals surface area contributed by atoms with Gasteiger partial charge in [-0.25, -0.2) is 0 Å². The average Bonchev–Trinajstić information content (AvgIpc) is 2.40. The van der Waals surface area contributed by atoms with E-state index in [1.54, 1.807) is 7.11 Å². The van der Waals surface area contributed by atoms with Gasteiger partial charge in [-0.3, -0.25) is 4.79 Å². The molecule has 1 fully saturated rings. The predicted octanol–water partition coefficient (Wildman–Crippen LogP) is 3.67. The molecular weight excluding hydrogens is 240 g/mol. The molecule has 19 heavy (non-hydrogen) atoms. The molecule has 0 aliphatic heterocycles. The van der Waals surface area contributed by atoms with E-state index in [0.29, 0.717) is 0 Å². The van der Waals surface area contributed by atoms with Crippen LogP contribution in [0.2, 0.25) is 0 Å².